The third-order valence-electron chi connectivity index (χ3n) is 4.39. The van der Waals surface area contributed by atoms with Crippen molar-refractivity contribution in [1.82, 2.24) is 0 Å². The Hall–Kier alpha value is -3.39. The van der Waals surface area contributed by atoms with Crippen LogP contribution in [0.25, 0.3) is 34.4 Å². The van der Waals surface area contributed by atoms with Gasteiger partial charge >= 0.3 is 0 Å². The van der Waals surface area contributed by atoms with Crippen LogP contribution in [0.2, 0.25) is 0 Å². The molecule has 0 bridgehead atoms. The maximum atomic E-state index is 13.1. The van der Waals surface area contributed by atoms with Crippen LogP contribution in [0.15, 0.2) is 88.1 Å². The Kier molecular flexibility index (Phi) is 4.24. The van der Waals surface area contributed by atoms with Crippen molar-refractivity contribution in [3.8, 4) is 11.3 Å². The van der Waals surface area contributed by atoms with E-state index in [1.165, 1.54) is 5.56 Å². The van der Waals surface area contributed by atoms with Crippen LogP contribution in [0.1, 0.15) is 16.7 Å². The average molecular weight is 338 g/mol. The normalized spacial score (nSPS) is 11.3. The Morgan fingerprint density at radius 2 is 1.46 bits per heavy atom. The Morgan fingerprint density at radius 1 is 0.769 bits per heavy atom. The number of hydrogen-bond acceptors (Lipinski definition) is 2. The number of benzene rings is 3. The number of rotatable bonds is 3. The van der Waals surface area contributed by atoms with E-state index in [1.807, 2.05) is 91.9 Å². The molecular formula is C24H18O2. The summed E-state index contributed by atoms with van der Waals surface area (Å²) in [7, 11) is 0. The fraction of sp³-hybridized carbons (Fsp3) is 0.0417. The zero-order valence-electron chi connectivity index (χ0n) is 14.5. The molecule has 4 rings (SSSR count). The molecule has 0 radical (unpaired) electrons. The molecule has 0 aliphatic heterocycles. The Balaban J connectivity index is 1.95. The molecule has 26 heavy (non-hydrogen) atoms. The summed E-state index contributed by atoms with van der Waals surface area (Å²) in [6.45, 7) is 2.04. The molecule has 0 saturated carbocycles. The van der Waals surface area contributed by atoms with Crippen molar-refractivity contribution < 1.29 is 4.42 Å². The van der Waals surface area contributed by atoms with Crippen molar-refractivity contribution in [2.45, 2.75) is 6.92 Å². The maximum Gasteiger partial charge on any atom is 0.200 e. The zero-order chi connectivity index (χ0) is 17.9. The van der Waals surface area contributed by atoms with E-state index in [-0.39, 0.29) is 5.43 Å². The molecule has 2 heteroatoms. The van der Waals surface area contributed by atoms with Crippen molar-refractivity contribution in [3.63, 3.8) is 0 Å². The van der Waals surface area contributed by atoms with E-state index in [4.69, 9.17) is 4.42 Å². The maximum absolute atomic E-state index is 13.1. The highest BCUT2D eigenvalue weighted by Crippen LogP contribution is 2.27. The summed E-state index contributed by atoms with van der Waals surface area (Å²) >= 11 is 0. The van der Waals surface area contributed by atoms with E-state index >= 15 is 0 Å². The monoisotopic (exact) mass is 338 g/mol. The van der Waals surface area contributed by atoms with Gasteiger partial charge in [-0.2, -0.15) is 0 Å². The summed E-state index contributed by atoms with van der Waals surface area (Å²) in [5.41, 5.74) is 4.25. The first-order valence-electron chi connectivity index (χ1n) is 8.58. The third-order valence-corrected chi connectivity index (χ3v) is 4.39. The zero-order valence-corrected chi connectivity index (χ0v) is 14.5. The van der Waals surface area contributed by atoms with Crippen molar-refractivity contribution in [2.24, 2.45) is 0 Å². The summed E-state index contributed by atoms with van der Waals surface area (Å²) < 4.78 is 6.14. The smallest absolute Gasteiger partial charge is 0.200 e. The van der Waals surface area contributed by atoms with Crippen molar-refractivity contribution >= 4 is 23.1 Å². The lowest BCUT2D eigenvalue weighted by molar-refractivity contribution is 0.617. The van der Waals surface area contributed by atoms with E-state index in [9.17, 15) is 4.79 Å². The van der Waals surface area contributed by atoms with Gasteiger partial charge in [0.15, 0.2) is 0 Å². The van der Waals surface area contributed by atoms with Crippen LogP contribution >= 0.6 is 0 Å². The van der Waals surface area contributed by atoms with Crippen LogP contribution in [-0.4, -0.2) is 0 Å². The molecule has 0 fully saturated rings. The molecule has 0 N–H and O–H groups in total. The summed E-state index contributed by atoms with van der Waals surface area (Å²) in [6.07, 6.45) is 3.79. The topological polar surface area (TPSA) is 30.2 Å². The molecule has 2 nitrogen and oxygen atoms in total. The first-order chi connectivity index (χ1) is 12.7. The SMILES string of the molecule is Cc1ccc(-c2oc3ccccc3c(=O)c2/C=C/c2ccccc2)cc1. The third kappa shape index (κ3) is 3.09. The highest BCUT2D eigenvalue weighted by atomic mass is 16.3. The summed E-state index contributed by atoms with van der Waals surface area (Å²) in [6, 6.07) is 25.3. The fourth-order valence-electron chi connectivity index (χ4n) is 2.97. The van der Waals surface area contributed by atoms with Gasteiger partial charge in [-0.3, -0.25) is 4.79 Å². The minimum atomic E-state index is -0.0189. The molecule has 0 amide bonds. The van der Waals surface area contributed by atoms with E-state index in [1.54, 1.807) is 6.07 Å². The fourth-order valence-corrected chi connectivity index (χ4v) is 2.97. The highest BCUT2D eigenvalue weighted by molar-refractivity contribution is 5.86. The average Bonchev–Trinajstić information content (AvgIpc) is 2.69. The molecule has 0 aliphatic rings. The van der Waals surface area contributed by atoms with Crippen molar-refractivity contribution in [3.05, 3.63) is 106 Å². The molecule has 3 aromatic carbocycles. The number of fused-ring (bicyclic) bond motifs is 1. The van der Waals surface area contributed by atoms with Gasteiger partial charge in [0.2, 0.25) is 5.43 Å². The van der Waals surface area contributed by atoms with Gasteiger partial charge in [-0.25, -0.2) is 0 Å². The summed E-state index contributed by atoms with van der Waals surface area (Å²) in [5.74, 6) is 0.598. The first kappa shape index (κ1) is 16.1. The van der Waals surface area contributed by atoms with Gasteiger partial charge in [0.05, 0.1) is 10.9 Å². The van der Waals surface area contributed by atoms with Crippen LogP contribution in [0, 0.1) is 6.92 Å². The van der Waals surface area contributed by atoms with Crippen LogP contribution in [0.3, 0.4) is 0 Å². The van der Waals surface area contributed by atoms with Gasteiger partial charge in [-0.05, 0) is 30.7 Å². The predicted molar refractivity (Wildman–Crippen MR) is 108 cm³/mol. The van der Waals surface area contributed by atoms with Crippen molar-refractivity contribution in [1.29, 1.82) is 0 Å². The second-order valence-corrected chi connectivity index (χ2v) is 6.28. The molecule has 126 valence electrons. The minimum absolute atomic E-state index is 0.0189. The molecule has 0 saturated heterocycles. The number of hydrogen-bond donors (Lipinski definition) is 0. The Labute approximate surface area is 152 Å². The van der Waals surface area contributed by atoms with Gasteiger partial charge in [-0.15, -0.1) is 0 Å². The molecule has 0 spiro atoms. The molecule has 1 heterocycles. The lowest BCUT2D eigenvalue weighted by Crippen LogP contribution is -2.07. The van der Waals surface area contributed by atoms with E-state index < -0.39 is 0 Å². The number of aryl methyl sites for hydroxylation is 1. The Morgan fingerprint density at radius 3 is 2.23 bits per heavy atom. The van der Waals surface area contributed by atoms with E-state index in [0.717, 1.165) is 11.1 Å². The van der Waals surface area contributed by atoms with Gasteiger partial charge in [0.25, 0.3) is 0 Å². The van der Waals surface area contributed by atoms with Gasteiger partial charge in [-0.1, -0.05) is 78.4 Å². The highest BCUT2D eigenvalue weighted by Gasteiger charge is 2.13. The standard InChI is InChI=1S/C24H18O2/c1-17-11-14-19(15-12-17)24-21(16-13-18-7-3-2-4-8-18)23(25)20-9-5-6-10-22(20)26-24/h2-16H,1H3/b16-13+. The second kappa shape index (κ2) is 6.85. The summed E-state index contributed by atoms with van der Waals surface area (Å²) in [5, 5.41) is 0.594. The molecule has 1 aromatic heterocycles. The molecule has 0 aliphatic carbocycles. The van der Waals surface area contributed by atoms with Gasteiger partial charge in [0, 0.05) is 5.56 Å². The first-order valence-corrected chi connectivity index (χ1v) is 8.58. The largest absolute Gasteiger partial charge is 0.455 e. The minimum Gasteiger partial charge on any atom is -0.455 e. The Bertz CT molecular complexity index is 1130. The molecule has 0 atom stereocenters. The van der Waals surface area contributed by atoms with E-state index in [0.29, 0.717) is 22.3 Å². The molecular weight excluding hydrogens is 320 g/mol. The van der Waals surface area contributed by atoms with Crippen molar-refractivity contribution in [2.75, 3.05) is 0 Å². The van der Waals surface area contributed by atoms with Gasteiger partial charge in [0.1, 0.15) is 11.3 Å². The predicted octanol–water partition coefficient (Wildman–Crippen LogP) is 5.94. The second-order valence-electron chi connectivity index (χ2n) is 6.28. The number of para-hydroxylation sites is 1. The van der Waals surface area contributed by atoms with E-state index in [2.05, 4.69) is 0 Å². The molecule has 4 aromatic rings. The van der Waals surface area contributed by atoms with Gasteiger partial charge < -0.3 is 4.42 Å². The summed E-state index contributed by atoms with van der Waals surface area (Å²) in [4.78, 5) is 13.1. The van der Waals surface area contributed by atoms with Crippen LogP contribution in [-0.2, 0) is 0 Å². The lowest BCUT2D eigenvalue weighted by Gasteiger charge is -2.08. The quantitative estimate of drug-likeness (QED) is 0.463. The van der Waals surface area contributed by atoms with Crippen LogP contribution < -0.4 is 5.43 Å². The molecule has 0 unspecified atom stereocenters. The lowest BCUT2D eigenvalue weighted by atomic mass is 10.0. The van der Waals surface area contributed by atoms with Crippen LogP contribution in [0.4, 0.5) is 0 Å². The van der Waals surface area contributed by atoms with Crippen LogP contribution in [0.5, 0.6) is 0 Å².